The Morgan fingerprint density at radius 1 is 1.30 bits per heavy atom. The van der Waals surface area contributed by atoms with Crippen molar-refractivity contribution in [3.63, 3.8) is 0 Å². The number of fused-ring (bicyclic) bond motifs is 1. The fourth-order valence-corrected chi connectivity index (χ4v) is 2.77. The van der Waals surface area contributed by atoms with Crippen molar-refractivity contribution >= 4 is 12.4 Å². The molecule has 0 spiro atoms. The van der Waals surface area contributed by atoms with Crippen molar-refractivity contribution in [1.82, 2.24) is 0 Å². The number of hydrogen-bond acceptors (Lipinski definition) is 7. The van der Waals surface area contributed by atoms with E-state index in [0.29, 0.717) is 49.1 Å². The van der Waals surface area contributed by atoms with Crippen LogP contribution in [0.15, 0.2) is 6.07 Å². The zero-order valence-corrected chi connectivity index (χ0v) is 16.0. The first-order chi connectivity index (χ1) is 13.0. The SMILES string of the molecule is COCCCOc1cc(OCC(OC(N)=O)C(C)C)c(C=O)c2c1OCC2. The Morgan fingerprint density at radius 3 is 2.70 bits per heavy atom. The third kappa shape index (κ3) is 5.50. The number of ether oxygens (including phenoxy) is 5. The largest absolute Gasteiger partial charge is 0.489 e. The minimum absolute atomic E-state index is 0.000272. The Kier molecular flexibility index (Phi) is 7.72. The molecule has 1 atom stereocenters. The Hall–Kier alpha value is -2.48. The van der Waals surface area contributed by atoms with Crippen LogP contribution in [-0.4, -0.2) is 52.0 Å². The van der Waals surface area contributed by atoms with Crippen LogP contribution in [0.4, 0.5) is 4.79 Å². The zero-order valence-electron chi connectivity index (χ0n) is 16.0. The summed E-state index contributed by atoms with van der Waals surface area (Å²) < 4.78 is 27.4. The second-order valence-corrected chi connectivity index (χ2v) is 6.54. The van der Waals surface area contributed by atoms with Gasteiger partial charge in [-0.1, -0.05) is 13.8 Å². The average molecular weight is 381 g/mol. The summed E-state index contributed by atoms with van der Waals surface area (Å²) in [6, 6.07) is 1.64. The molecule has 0 radical (unpaired) electrons. The van der Waals surface area contributed by atoms with Gasteiger partial charge in [0.15, 0.2) is 17.8 Å². The van der Waals surface area contributed by atoms with Crippen molar-refractivity contribution in [2.45, 2.75) is 32.8 Å². The Labute approximate surface area is 158 Å². The number of rotatable bonds is 11. The predicted molar refractivity (Wildman–Crippen MR) is 97.8 cm³/mol. The lowest BCUT2D eigenvalue weighted by Crippen LogP contribution is -2.32. The van der Waals surface area contributed by atoms with E-state index in [4.69, 9.17) is 29.4 Å². The summed E-state index contributed by atoms with van der Waals surface area (Å²) in [6.45, 7) is 5.36. The van der Waals surface area contributed by atoms with E-state index >= 15 is 0 Å². The molecular formula is C19H27NO7. The monoisotopic (exact) mass is 381 g/mol. The molecule has 2 rings (SSSR count). The maximum absolute atomic E-state index is 11.7. The number of primary amides is 1. The first kappa shape index (κ1) is 20.8. The van der Waals surface area contributed by atoms with Gasteiger partial charge in [-0.3, -0.25) is 4.79 Å². The van der Waals surface area contributed by atoms with Gasteiger partial charge in [0.25, 0.3) is 0 Å². The molecule has 2 N–H and O–H groups in total. The highest BCUT2D eigenvalue weighted by Crippen LogP contribution is 2.42. The fraction of sp³-hybridized carbons (Fsp3) is 0.579. The van der Waals surface area contributed by atoms with E-state index in [1.807, 2.05) is 13.8 Å². The third-order valence-electron chi connectivity index (χ3n) is 4.23. The van der Waals surface area contributed by atoms with Gasteiger partial charge in [-0.05, 0) is 5.92 Å². The summed E-state index contributed by atoms with van der Waals surface area (Å²) in [7, 11) is 1.63. The van der Waals surface area contributed by atoms with Crippen molar-refractivity contribution in [2.24, 2.45) is 11.7 Å². The number of carbonyl (C=O) groups excluding carboxylic acids is 2. The smallest absolute Gasteiger partial charge is 0.404 e. The Bertz CT molecular complexity index is 660. The highest BCUT2D eigenvalue weighted by molar-refractivity contribution is 5.85. The summed E-state index contributed by atoms with van der Waals surface area (Å²) in [5.74, 6) is 1.47. The molecule has 0 bridgehead atoms. The standard InChI is InChI=1S/C19H27NO7/c1-12(2)17(27-19(20)22)11-26-15-9-16(24-7-4-6-23-3)18-13(5-8-25-18)14(15)10-21/h9-10,12,17H,4-8,11H2,1-3H3,(H2,20,22). The summed E-state index contributed by atoms with van der Waals surface area (Å²) in [4.78, 5) is 22.7. The lowest BCUT2D eigenvalue weighted by molar-refractivity contribution is 0.0438. The first-order valence-electron chi connectivity index (χ1n) is 8.96. The number of amides is 1. The quantitative estimate of drug-likeness (QED) is 0.463. The highest BCUT2D eigenvalue weighted by Gasteiger charge is 2.26. The molecule has 0 aromatic heterocycles. The van der Waals surface area contributed by atoms with Crippen molar-refractivity contribution in [3.8, 4) is 17.2 Å². The third-order valence-corrected chi connectivity index (χ3v) is 4.23. The lowest BCUT2D eigenvalue weighted by Gasteiger charge is -2.22. The zero-order chi connectivity index (χ0) is 19.8. The average Bonchev–Trinajstić information content (AvgIpc) is 3.11. The molecule has 1 aliphatic rings. The van der Waals surface area contributed by atoms with Crippen LogP contribution in [0, 0.1) is 5.92 Å². The van der Waals surface area contributed by atoms with Crippen LogP contribution >= 0.6 is 0 Å². The van der Waals surface area contributed by atoms with Crippen molar-refractivity contribution in [2.75, 3.05) is 33.5 Å². The van der Waals surface area contributed by atoms with E-state index in [0.717, 1.165) is 18.3 Å². The van der Waals surface area contributed by atoms with Gasteiger partial charge in [0.1, 0.15) is 18.5 Å². The van der Waals surface area contributed by atoms with E-state index in [2.05, 4.69) is 0 Å². The molecule has 8 nitrogen and oxygen atoms in total. The normalized spacial score (nSPS) is 13.6. The predicted octanol–water partition coefficient (Wildman–Crippen LogP) is 2.35. The molecule has 0 saturated carbocycles. The van der Waals surface area contributed by atoms with Gasteiger partial charge in [-0.15, -0.1) is 0 Å². The first-order valence-corrected chi connectivity index (χ1v) is 8.96. The molecule has 0 aliphatic carbocycles. The van der Waals surface area contributed by atoms with E-state index in [-0.39, 0.29) is 12.5 Å². The minimum atomic E-state index is -0.863. The summed E-state index contributed by atoms with van der Waals surface area (Å²) in [5.41, 5.74) is 6.30. The molecule has 1 aliphatic heterocycles. The molecule has 27 heavy (non-hydrogen) atoms. The topological polar surface area (TPSA) is 106 Å². The number of methoxy groups -OCH3 is 1. The van der Waals surface area contributed by atoms with Gasteiger partial charge in [-0.2, -0.15) is 0 Å². The number of nitrogens with two attached hydrogens (primary N) is 1. The van der Waals surface area contributed by atoms with Crippen LogP contribution in [0.25, 0.3) is 0 Å². The fourth-order valence-electron chi connectivity index (χ4n) is 2.77. The van der Waals surface area contributed by atoms with Crippen LogP contribution in [0.5, 0.6) is 17.2 Å². The van der Waals surface area contributed by atoms with Gasteiger partial charge < -0.3 is 29.4 Å². The van der Waals surface area contributed by atoms with Crippen LogP contribution in [0.3, 0.4) is 0 Å². The molecular weight excluding hydrogens is 354 g/mol. The van der Waals surface area contributed by atoms with Crippen molar-refractivity contribution in [3.05, 3.63) is 17.2 Å². The summed E-state index contributed by atoms with van der Waals surface area (Å²) >= 11 is 0. The second kappa shape index (κ2) is 10.0. The molecule has 1 aromatic carbocycles. The molecule has 8 heteroatoms. The summed E-state index contributed by atoms with van der Waals surface area (Å²) in [5, 5.41) is 0. The molecule has 150 valence electrons. The van der Waals surface area contributed by atoms with E-state index in [1.54, 1.807) is 13.2 Å². The van der Waals surface area contributed by atoms with Crippen LogP contribution < -0.4 is 19.9 Å². The van der Waals surface area contributed by atoms with Gasteiger partial charge in [0.2, 0.25) is 0 Å². The van der Waals surface area contributed by atoms with Gasteiger partial charge in [0.05, 0.1) is 18.8 Å². The molecule has 1 aromatic rings. The van der Waals surface area contributed by atoms with Gasteiger partial charge >= 0.3 is 6.09 Å². The lowest BCUT2D eigenvalue weighted by atomic mass is 10.0. The molecule has 0 saturated heterocycles. The molecule has 1 heterocycles. The van der Waals surface area contributed by atoms with E-state index < -0.39 is 12.2 Å². The number of benzene rings is 1. The summed E-state index contributed by atoms with van der Waals surface area (Å²) in [6.07, 6.45) is 0.672. The van der Waals surface area contributed by atoms with Crippen LogP contribution in [0.2, 0.25) is 0 Å². The van der Waals surface area contributed by atoms with Crippen LogP contribution in [-0.2, 0) is 15.9 Å². The highest BCUT2D eigenvalue weighted by atomic mass is 16.6. The van der Waals surface area contributed by atoms with Gasteiger partial charge in [0, 0.05) is 38.2 Å². The van der Waals surface area contributed by atoms with Gasteiger partial charge in [-0.25, -0.2) is 4.79 Å². The maximum atomic E-state index is 11.7. The Morgan fingerprint density at radius 2 is 2.07 bits per heavy atom. The molecule has 0 fully saturated rings. The van der Waals surface area contributed by atoms with Crippen molar-refractivity contribution < 1.29 is 33.3 Å². The Balaban J connectivity index is 2.21. The number of hydrogen-bond donors (Lipinski definition) is 1. The second-order valence-electron chi connectivity index (χ2n) is 6.54. The number of carbonyl (C=O) groups is 2. The minimum Gasteiger partial charge on any atom is -0.489 e. The van der Waals surface area contributed by atoms with E-state index in [1.165, 1.54) is 0 Å². The molecule has 1 unspecified atom stereocenters. The maximum Gasteiger partial charge on any atom is 0.404 e. The van der Waals surface area contributed by atoms with E-state index in [9.17, 15) is 9.59 Å². The molecule has 1 amide bonds. The van der Waals surface area contributed by atoms with Crippen LogP contribution in [0.1, 0.15) is 36.2 Å². The van der Waals surface area contributed by atoms with Crippen molar-refractivity contribution in [1.29, 1.82) is 0 Å². The number of aldehydes is 1.